The predicted molar refractivity (Wildman–Crippen MR) is 162 cm³/mol. The van der Waals surface area contributed by atoms with E-state index in [1.807, 2.05) is 30.6 Å². The summed E-state index contributed by atoms with van der Waals surface area (Å²) in [6.07, 6.45) is 10.5. The van der Waals surface area contributed by atoms with Gasteiger partial charge in [-0.3, -0.25) is 9.78 Å². The molecule has 1 atom stereocenters. The molecule has 42 heavy (non-hydrogen) atoms. The number of piperidine rings is 1. The molecule has 0 spiro atoms. The highest BCUT2D eigenvalue weighted by molar-refractivity contribution is 6.00. The molecular formula is C33H32N6O3. The zero-order chi connectivity index (χ0) is 28.6. The van der Waals surface area contributed by atoms with Gasteiger partial charge in [0.2, 0.25) is 5.91 Å². The van der Waals surface area contributed by atoms with Crippen molar-refractivity contribution in [1.29, 1.82) is 5.26 Å². The minimum atomic E-state index is -0.403. The molecule has 3 aliphatic rings. The summed E-state index contributed by atoms with van der Waals surface area (Å²) < 4.78 is 14.2. The third kappa shape index (κ3) is 4.84. The lowest BCUT2D eigenvalue weighted by atomic mass is 10.0. The molecule has 2 saturated heterocycles. The van der Waals surface area contributed by atoms with E-state index >= 15 is 0 Å². The number of fused-ring (bicyclic) bond motifs is 2. The van der Waals surface area contributed by atoms with Crippen LogP contribution >= 0.6 is 0 Å². The SMILES string of the molecule is N#Cc1cnc2cc(OC3CCOC3)c(N3CCC(=CC(N)=O)CC3)cc2c1N1CCc2ccc(-n3cccc3)cc21. The van der Waals surface area contributed by atoms with Crippen molar-refractivity contribution in [2.45, 2.75) is 31.8 Å². The van der Waals surface area contributed by atoms with Crippen LogP contribution in [0.15, 0.2) is 72.7 Å². The zero-order valence-electron chi connectivity index (χ0n) is 23.3. The van der Waals surface area contributed by atoms with E-state index in [9.17, 15) is 10.1 Å². The summed E-state index contributed by atoms with van der Waals surface area (Å²) in [7, 11) is 0. The van der Waals surface area contributed by atoms with Gasteiger partial charge < -0.3 is 29.6 Å². The fourth-order valence-corrected chi connectivity index (χ4v) is 6.34. The fraction of sp³-hybridized carbons (Fsp3) is 0.303. The van der Waals surface area contributed by atoms with Crippen molar-refractivity contribution in [3.05, 3.63) is 83.8 Å². The highest BCUT2D eigenvalue weighted by Crippen LogP contribution is 2.44. The van der Waals surface area contributed by atoms with Gasteiger partial charge in [0.25, 0.3) is 0 Å². The number of amides is 1. The van der Waals surface area contributed by atoms with Gasteiger partial charge in [0.15, 0.2) is 0 Å². The molecule has 9 heteroatoms. The molecule has 3 aliphatic heterocycles. The number of benzene rings is 2. The summed E-state index contributed by atoms with van der Waals surface area (Å²) in [6.45, 7) is 3.48. The van der Waals surface area contributed by atoms with Gasteiger partial charge in [-0.2, -0.15) is 5.26 Å². The van der Waals surface area contributed by atoms with E-state index in [0.717, 1.165) is 90.3 Å². The maximum Gasteiger partial charge on any atom is 0.241 e. The van der Waals surface area contributed by atoms with Crippen LogP contribution in [0.1, 0.15) is 30.4 Å². The molecule has 0 saturated carbocycles. The smallest absolute Gasteiger partial charge is 0.241 e. The molecule has 212 valence electrons. The Labute approximate surface area is 244 Å². The summed E-state index contributed by atoms with van der Waals surface area (Å²) >= 11 is 0. The van der Waals surface area contributed by atoms with E-state index in [1.54, 1.807) is 12.3 Å². The predicted octanol–water partition coefficient (Wildman–Crippen LogP) is 4.77. The Bertz CT molecular complexity index is 1720. The number of primary amides is 1. The van der Waals surface area contributed by atoms with Crippen LogP contribution in [-0.2, 0) is 16.0 Å². The Morgan fingerprint density at radius 2 is 1.93 bits per heavy atom. The largest absolute Gasteiger partial charge is 0.486 e. The number of hydrogen-bond acceptors (Lipinski definition) is 7. The Morgan fingerprint density at radius 1 is 1.10 bits per heavy atom. The van der Waals surface area contributed by atoms with Gasteiger partial charge >= 0.3 is 0 Å². The first-order valence-corrected chi connectivity index (χ1v) is 14.5. The topological polar surface area (TPSA) is 110 Å². The monoisotopic (exact) mass is 560 g/mol. The van der Waals surface area contributed by atoms with Crippen LogP contribution in [0.2, 0.25) is 0 Å². The Morgan fingerprint density at radius 3 is 2.67 bits per heavy atom. The molecular weight excluding hydrogens is 528 g/mol. The normalized spacial score (nSPS) is 18.3. The van der Waals surface area contributed by atoms with Gasteiger partial charge in [0.1, 0.15) is 17.9 Å². The fourth-order valence-electron chi connectivity index (χ4n) is 6.34. The third-order valence-electron chi connectivity index (χ3n) is 8.45. The molecule has 1 unspecified atom stereocenters. The lowest BCUT2D eigenvalue weighted by Gasteiger charge is -2.33. The van der Waals surface area contributed by atoms with Crippen molar-refractivity contribution >= 4 is 33.9 Å². The summed E-state index contributed by atoms with van der Waals surface area (Å²) in [6, 6.07) is 17.1. The molecule has 1 amide bonds. The molecule has 2 aromatic heterocycles. The van der Waals surface area contributed by atoms with Gasteiger partial charge in [-0.25, -0.2) is 0 Å². The molecule has 0 aliphatic carbocycles. The van der Waals surface area contributed by atoms with Crippen LogP contribution < -0.4 is 20.3 Å². The molecule has 2 aromatic carbocycles. The first-order valence-electron chi connectivity index (χ1n) is 14.5. The number of nitrogens with zero attached hydrogens (tertiary/aromatic N) is 5. The summed E-state index contributed by atoms with van der Waals surface area (Å²) in [4.78, 5) is 20.8. The maximum atomic E-state index is 11.5. The number of carbonyl (C=O) groups excluding carboxylic acids is 1. The molecule has 2 fully saturated rings. The molecule has 0 bridgehead atoms. The van der Waals surface area contributed by atoms with Crippen molar-refractivity contribution in [3.63, 3.8) is 0 Å². The van der Waals surface area contributed by atoms with Crippen LogP contribution in [0.4, 0.5) is 17.1 Å². The van der Waals surface area contributed by atoms with E-state index in [0.29, 0.717) is 18.8 Å². The second-order valence-corrected chi connectivity index (χ2v) is 11.1. The van der Waals surface area contributed by atoms with E-state index in [-0.39, 0.29) is 6.10 Å². The average Bonchev–Trinajstić information content (AvgIpc) is 3.79. The Kier molecular flexibility index (Phi) is 6.76. The van der Waals surface area contributed by atoms with Crippen LogP contribution in [0, 0.1) is 11.3 Å². The summed E-state index contributed by atoms with van der Waals surface area (Å²) in [5.74, 6) is 0.361. The molecule has 4 aromatic rings. The van der Waals surface area contributed by atoms with Crippen molar-refractivity contribution in [1.82, 2.24) is 9.55 Å². The molecule has 5 heterocycles. The number of rotatable bonds is 6. The molecule has 9 nitrogen and oxygen atoms in total. The van der Waals surface area contributed by atoms with Gasteiger partial charge in [0, 0.05) is 73.5 Å². The highest BCUT2D eigenvalue weighted by Gasteiger charge is 2.28. The summed E-state index contributed by atoms with van der Waals surface area (Å²) in [5, 5.41) is 11.2. The number of nitrogens with two attached hydrogens (primary N) is 1. The summed E-state index contributed by atoms with van der Waals surface area (Å²) in [5.41, 5.74) is 13.1. The van der Waals surface area contributed by atoms with E-state index in [2.05, 4.69) is 44.7 Å². The van der Waals surface area contributed by atoms with Crippen LogP contribution in [-0.4, -0.2) is 54.4 Å². The minimum absolute atomic E-state index is 0.0215. The number of nitriles is 1. The van der Waals surface area contributed by atoms with Gasteiger partial charge in [-0.15, -0.1) is 0 Å². The van der Waals surface area contributed by atoms with Crippen LogP contribution in [0.25, 0.3) is 16.6 Å². The first kappa shape index (κ1) is 26.1. The second kappa shape index (κ2) is 10.9. The van der Waals surface area contributed by atoms with Gasteiger partial charge in [0.05, 0.1) is 35.7 Å². The Balaban J connectivity index is 1.34. The molecule has 7 rings (SSSR count). The molecule has 0 radical (unpaired) electrons. The van der Waals surface area contributed by atoms with E-state index in [4.69, 9.17) is 20.2 Å². The Hall–Kier alpha value is -4.81. The number of hydrogen-bond donors (Lipinski definition) is 1. The van der Waals surface area contributed by atoms with Crippen molar-refractivity contribution in [3.8, 4) is 17.5 Å². The van der Waals surface area contributed by atoms with Crippen LogP contribution in [0.5, 0.6) is 5.75 Å². The standard InChI is InChI=1S/C33H32N6O3/c34-19-24-20-36-28-18-31(42-26-8-14-41-21-26)30(38-11-5-22(6-12-38)15-32(35)40)17-27(28)33(24)39-13-7-23-3-4-25(16-29(23)39)37-9-1-2-10-37/h1-4,9-10,15-18,20,26H,5-8,11-14,21H2,(H2,35,40). The zero-order valence-corrected chi connectivity index (χ0v) is 23.3. The number of ether oxygens (including phenoxy) is 2. The van der Waals surface area contributed by atoms with Gasteiger partial charge in [-0.1, -0.05) is 11.6 Å². The number of pyridine rings is 1. The van der Waals surface area contributed by atoms with Crippen molar-refractivity contribution in [2.24, 2.45) is 5.73 Å². The average molecular weight is 561 g/mol. The molecule has 2 N–H and O–H groups in total. The number of carbonyl (C=O) groups is 1. The van der Waals surface area contributed by atoms with E-state index in [1.165, 1.54) is 5.56 Å². The number of aromatic nitrogens is 2. The quantitative estimate of drug-likeness (QED) is 0.338. The lowest BCUT2D eigenvalue weighted by Crippen LogP contribution is -2.32. The van der Waals surface area contributed by atoms with Crippen LogP contribution in [0.3, 0.4) is 0 Å². The second-order valence-electron chi connectivity index (χ2n) is 11.1. The van der Waals surface area contributed by atoms with E-state index < -0.39 is 5.91 Å². The van der Waals surface area contributed by atoms with Gasteiger partial charge in [-0.05, 0) is 55.2 Å². The van der Waals surface area contributed by atoms with Crippen molar-refractivity contribution in [2.75, 3.05) is 42.6 Å². The van der Waals surface area contributed by atoms with Crippen molar-refractivity contribution < 1.29 is 14.3 Å². The lowest BCUT2D eigenvalue weighted by molar-refractivity contribution is -0.113. The highest BCUT2D eigenvalue weighted by atomic mass is 16.5. The number of anilines is 3. The first-order chi connectivity index (χ1) is 20.6. The maximum absolute atomic E-state index is 11.5. The minimum Gasteiger partial charge on any atom is -0.486 e. The third-order valence-corrected chi connectivity index (χ3v) is 8.45.